The van der Waals surface area contributed by atoms with Gasteiger partial charge in [0, 0.05) is 6.42 Å². The molecule has 8 heteroatoms. The third-order valence-electron chi connectivity index (χ3n) is 3.57. The second kappa shape index (κ2) is 12.4. The number of unbranched alkanes of at least 4 members (excludes halogenated alkanes) is 4. The summed E-state index contributed by atoms with van der Waals surface area (Å²) in [5, 5.41) is 11.8. The number of hydrogen-bond donors (Lipinski definition) is 2. The highest BCUT2D eigenvalue weighted by molar-refractivity contribution is 5.66. The Morgan fingerprint density at radius 1 is 0.962 bits per heavy atom. The lowest BCUT2D eigenvalue weighted by molar-refractivity contribution is -0.275. The molecule has 0 saturated carbocycles. The van der Waals surface area contributed by atoms with Gasteiger partial charge in [0.05, 0.1) is 6.61 Å². The molecule has 1 aromatic carbocycles. The van der Waals surface area contributed by atoms with Crippen molar-refractivity contribution in [2.75, 3.05) is 19.7 Å². The van der Waals surface area contributed by atoms with Gasteiger partial charge in [-0.2, -0.15) is 0 Å². The molecule has 0 aliphatic heterocycles. The number of carbonyl (C=O) groups is 1. The van der Waals surface area contributed by atoms with E-state index in [-0.39, 0.29) is 17.9 Å². The average molecular weight is 377 g/mol. The number of benzene rings is 1. The number of rotatable bonds is 14. The Hall–Kier alpha value is -1.96. The Bertz CT molecular complexity index is 523. The number of nitrogens with one attached hydrogen (secondary N) is 1. The minimum absolute atomic E-state index is 0.0873. The van der Waals surface area contributed by atoms with E-state index in [2.05, 4.69) is 10.1 Å². The molecule has 0 aromatic heterocycles. The second-order valence-corrected chi connectivity index (χ2v) is 5.86. The van der Waals surface area contributed by atoms with Gasteiger partial charge in [-0.1, -0.05) is 18.6 Å². The lowest BCUT2D eigenvalue weighted by Gasteiger charge is -2.13. The first-order valence-electron chi connectivity index (χ1n) is 8.78. The van der Waals surface area contributed by atoms with E-state index in [9.17, 15) is 18.0 Å². The zero-order chi connectivity index (χ0) is 19.3. The highest BCUT2D eigenvalue weighted by Crippen LogP contribution is 2.31. The van der Waals surface area contributed by atoms with Crippen LogP contribution < -0.4 is 14.8 Å². The molecule has 0 fully saturated rings. The Morgan fingerprint density at radius 3 is 2.19 bits per heavy atom. The predicted octanol–water partition coefficient (Wildman–Crippen LogP) is 4.37. The maximum Gasteiger partial charge on any atom is 0.573 e. The molecule has 0 aliphatic rings. The van der Waals surface area contributed by atoms with Crippen molar-refractivity contribution in [1.29, 1.82) is 0 Å². The first kappa shape index (κ1) is 22.1. The van der Waals surface area contributed by atoms with Gasteiger partial charge in [-0.3, -0.25) is 4.79 Å². The van der Waals surface area contributed by atoms with Gasteiger partial charge in [0.1, 0.15) is 0 Å². The van der Waals surface area contributed by atoms with E-state index in [1.165, 1.54) is 18.2 Å². The van der Waals surface area contributed by atoms with Gasteiger partial charge < -0.3 is 19.9 Å². The molecular weight excluding hydrogens is 351 g/mol. The van der Waals surface area contributed by atoms with E-state index in [1.54, 1.807) is 6.07 Å². The smallest absolute Gasteiger partial charge is 0.490 e. The van der Waals surface area contributed by atoms with Crippen LogP contribution in [0, 0.1) is 0 Å². The number of halogens is 3. The molecule has 1 rings (SSSR count). The van der Waals surface area contributed by atoms with Gasteiger partial charge in [0.2, 0.25) is 0 Å². The summed E-state index contributed by atoms with van der Waals surface area (Å²) in [6, 6.07) is 5.73. The number of alkyl halides is 3. The van der Waals surface area contributed by atoms with Crippen LogP contribution in [-0.4, -0.2) is 37.1 Å². The van der Waals surface area contributed by atoms with Crippen LogP contribution in [0.25, 0.3) is 0 Å². The molecule has 1 aromatic rings. The largest absolute Gasteiger partial charge is 0.573 e. The van der Waals surface area contributed by atoms with Crippen molar-refractivity contribution in [3.05, 3.63) is 24.3 Å². The van der Waals surface area contributed by atoms with Crippen molar-refractivity contribution in [3.63, 3.8) is 0 Å². The molecular formula is C18H26F3NO4. The van der Waals surface area contributed by atoms with E-state index in [0.29, 0.717) is 13.0 Å². The number of hydrogen-bond acceptors (Lipinski definition) is 4. The van der Waals surface area contributed by atoms with Crippen LogP contribution in [0.5, 0.6) is 11.5 Å². The molecule has 0 atom stereocenters. The summed E-state index contributed by atoms with van der Waals surface area (Å²) < 4.78 is 46.2. The molecule has 2 N–H and O–H groups in total. The number of para-hydroxylation sites is 2. The van der Waals surface area contributed by atoms with E-state index >= 15 is 0 Å². The summed E-state index contributed by atoms with van der Waals surface area (Å²) in [7, 11) is 0. The average Bonchev–Trinajstić information content (AvgIpc) is 2.55. The lowest BCUT2D eigenvalue weighted by Crippen LogP contribution is -2.18. The van der Waals surface area contributed by atoms with Crippen molar-refractivity contribution in [2.45, 2.75) is 51.3 Å². The van der Waals surface area contributed by atoms with Crippen molar-refractivity contribution < 1.29 is 32.5 Å². The Balaban J connectivity index is 2.03. The first-order valence-corrected chi connectivity index (χ1v) is 8.78. The van der Waals surface area contributed by atoms with E-state index < -0.39 is 12.3 Å². The van der Waals surface area contributed by atoms with Gasteiger partial charge in [-0.15, -0.1) is 13.2 Å². The molecule has 26 heavy (non-hydrogen) atoms. The third kappa shape index (κ3) is 11.6. The zero-order valence-electron chi connectivity index (χ0n) is 14.7. The summed E-state index contributed by atoms with van der Waals surface area (Å²) in [5.41, 5.74) is 0. The number of ether oxygens (including phenoxy) is 2. The molecule has 0 amide bonds. The zero-order valence-corrected chi connectivity index (χ0v) is 14.7. The molecule has 0 bridgehead atoms. The minimum Gasteiger partial charge on any atom is -0.490 e. The summed E-state index contributed by atoms with van der Waals surface area (Å²) in [5.74, 6) is -0.998. The fourth-order valence-electron chi connectivity index (χ4n) is 2.32. The lowest BCUT2D eigenvalue weighted by atomic mass is 10.2. The Kier molecular flexibility index (Phi) is 10.5. The molecule has 5 nitrogen and oxygen atoms in total. The maximum atomic E-state index is 12.3. The highest BCUT2D eigenvalue weighted by Gasteiger charge is 2.32. The minimum atomic E-state index is -4.74. The second-order valence-electron chi connectivity index (χ2n) is 5.86. The number of carboxylic acid groups (broad SMARTS) is 1. The molecule has 0 saturated heterocycles. The predicted molar refractivity (Wildman–Crippen MR) is 91.4 cm³/mol. The first-order chi connectivity index (χ1) is 12.4. The molecule has 148 valence electrons. The third-order valence-corrected chi connectivity index (χ3v) is 3.57. The molecule has 0 heterocycles. The fourth-order valence-corrected chi connectivity index (χ4v) is 2.32. The van der Waals surface area contributed by atoms with E-state index in [4.69, 9.17) is 9.84 Å². The fraction of sp³-hybridized carbons (Fsp3) is 0.611. The molecule has 0 aliphatic carbocycles. The molecule has 0 spiro atoms. The van der Waals surface area contributed by atoms with Crippen LogP contribution in [0.1, 0.15) is 44.9 Å². The van der Waals surface area contributed by atoms with Gasteiger partial charge in [0.15, 0.2) is 11.5 Å². The van der Waals surface area contributed by atoms with Crippen molar-refractivity contribution in [1.82, 2.24) is 5.32 Å². The highest BCUT2D eigenvalue weighted by atomic mass is 19.4. The summed E-state index contributed by atoms with van der Waals surface area (Å²) in [6.45, 7) is 2.04. The van der Waals surface area contributed by atoms with Crippen molar-refractivity contribution in [2.24, 2.45) is 0 Å². The normalized spacial score (nSPS) is 11.3. The van der Waals surface area contributed by atoms with Gasteiger partial charge in [-0.05, 0) is 57.3 Å². The van der Waals surface area contributed by atoms with Crippen LogP contribution in [0.3, 0.4) is 0 Å². The van der Waals surface area contributed by atoms with Crippen LogP contribution in [0.2, 0.25) is 0 Å². The monoisotopic (exact) mass is 377 g/mol. The molecule has 0 radical (unpaired) electrons. The summed E-state index contributed by atoms with van der Waals surface area (Å²) >= 11 is 0. The summed E-state index contributed by atoms with van der Waals surface area (Å²) in [4.78, 5) is 10.3. The Labute approximate surface area is 151 Å². The van der Waals surface area contributed by atoms with Crippen LogP contribution in [-0.2, 0) is 4.79 Å². The summed E-state index contributed by atoms with van der Waals surface area (Å²) in [6.07, 6.45) is 0.608. The Morgan fingerprint density at radius 2 is 1.58 bits per heavy atom. The van der Waals surface area contributed by atoms with Crippen LogP contribution in [0.4, 0.5) is 13.2 Å². The van der Waals surface area contributed by atoms with Crippen LogP contribution >= 0.6 is 0 Å². The van der Waals surface area contributed by atoms with Crippen molar-refractivity contribution in [3.8, 4) is 11.5 Å². The van der Waals surface area contributed by atoms with Gasteiger partial charge in [0.25, 0.3) is 0 Å². The van der Waals surface area contributed by atoms with E-state index in [1.807, 2.05) is 0 Å². The van der Waals surface area contributed by atoms with Crippen molar-refractivity contribution >= 4 is 5.97 Å². The van der Waals surface area contributed by atoms with E-state index in [0.717, 1.165) is 45.2 Å². The topological polar surface area (TPSA) is 67.8 Å². The number of carboxylic acids is 1. The standard InChI is InChI=1S/C18H26F3NO4/c19-18(20,21)26-16-10-5-4-9-15(16)25-14-8-2-7-13-22-12-6-1-3-11-17(23)24/h4-5,9-10,22H,1-3,6-8,11-14H2,(H,23,24). The maximum absolute atomic E-state index is 12.3. The van der Waals surface area contributed by atoms with Gasteiger partial charge >= 0.3 is 12.3 Å². The number of aliphatic carboxylic acids is 1. The van der Waals surface area contributed by atoms with Gasteiger partial charge in [-0.25, -0.2) is 0 Å². The SMILES string of the molecule is O=C(O)CCCCCNCCCCCOc1ccccc1OC(F)(F)F. The van der Waals surface area contributed by atoms with Crippen LogP contribution in [0.15, 0.2) is 24.3 Å². The quantitative estimate of drug-likeness (QED) is 0.471. The molecule has 0 unspecified atom stereocenters.